The second-order valence-electron chi connectivity index (χ2n) is 34.7. The number of aryl methyl sites for hydroxylation is 5. The van der Waals surface area contributed by atoms with Crippen LogP contribution in [-0.4, -0.2) is 203 Å². The van der Waals surface area contributed by atoms with Crippen molar-refractivity contribution >= 4 is 142 Å². The van der Waals surface area contributed by atoms with Crippen LogP contribution in [0.15, 0.2) is 280 Å². The predicted octanol–water partition coefficient (Wildman–Crippen LogP) is 14.0. The highest BCUT2D eigenvalue weighted by molar-refractivity contribution is 6.05. The molecule has 0 aliphatic carbocycles. The quantitative estimate of drug-likeness (QED) is 0.0173. The second kappa shape index (κ2) is 53.0. The minimum atomic E-state index is -0.339. The molecule has 0 spiro atoms. The minimum Gasteiger partial charge on any atom is -0.345 e. The summed E-state index contributed by atoms with van der Waals surface area (Å²) in [6, 6.07) is 79.5. The number of imidazole rings is 1. The number of hydrogen-bond donors (Lipinski definition) is 10. The van der Waals surface area contributed by atoms with Crippen LogP contribution in [0.2, 0.25) is 0 Å². The van der Waals surface area contributed by atoms with Gasteiger partial charge in [-0.2, -0.15) is 41.0 Å². The van der Waals surface area contributed by atoms with Gasteiger partial charge in [0, 0.05) is 103 Å². The number of nitrogens with zero attached hydrogens (tertiary/aromatic N) is 11. The first-order valence-corrected chi connectivity index (χ1v) is 48.2. The van der Waals surface area contributed by atoms with Gasteiger partial charge in [0.2, 0.25) is 0 Å². The van der Waals surface area contributed by atoms with Crippen molar-refractivity contribution in [3.05, 3.63) is 374 Å². The number of carbonyl (C=O) groups is 13. The van der Waals surface area contributed by atoms with E-state index < -0.39 is 0 Å². The number of Topliss-reactive ketones (excluding diaryl/α,β-unsaturated/α-hetero) is 7. The van der Waals surface area contributed by atoms with Gasteiger partial charge in [0.15, 0.2) is 34.7 Å². The fourth-order valence-corrected chi connectivity index (χ4v) is 16.2. The zero-order chi connectivity index (χ0) is 104. The van der Waals surface area contributed by atoms with Gasteiger partial charge in [0.1, 0.15) is 33.4 Å². The van der Waals surface area contributed by atoms with E-state index in [0.717, 1.165) is 121 Å². The van der Waals surface area contributed by atoms with Crippen LogP contribution in [0.3, 0.4) is 0 Å². The Balaban J connectivity index is 0.000000148. The van der Waals surface area contributed by atoms with Crippen molar-refractivity contribution in [2.45, 2.75) is 119 Å². The Labute approximate surface area is 846 Å². The second-order valence-corrected chi connectivity index (χ2v) is 34.7. The topological polar surface area (TPSA) is 485 Å². The minimum absolute atomic E-state index is 0.00589. The molecule has 0 radical (unpaired) electrons. The predicted molar refractivity (Wildman–Crippen MR) is 561 cm³/mol. The number of carbonyl (C=O) groups excluding carboxylic acids is 13. The Morgan fingerprint density at radius 1 is 0.320 bits per heavy atom. The molecule has 34 nitrogen and oxygen atoms in total. The number of nitrogens with one attached hydrogen (secondary N) is 10. The number of likely N-dealkylation sites (N-methyl/N-ethyl adjacent to an activating group) is 1. The van der Waals surface area contributed by atoms with Crippen LogP contribution in [0.5, 0.6) is 0 Å². The summed E-state index contributed by atoms with van der Waals surface area (Å²) in [5.41, 5.74) is 21.8. The Morgan fingerprint density at radius 2 is 0.673 bits per heavy atom. The van der Waals surface area contributed by atoms with Crippen molar-refractivity contribution in [3.63, 3.8) is 0 Å². The summed E-state index contributed by atoms with van der Waals surface area (Å²) in [7, 11) is 1.66. The van der Waals surface area contributed by atoms with Crippen LogP contribution in [0.1, 0.15) is 165 Å². The molecular weight excluding hydrogens is 1860 g/mol. The lowest BCUT2D eigenvalue weighted by Crippen LogP contribution is -2.32. The van der Waals surface area contributed by atoms with Crippen molar-refractivity contribution in [1.82, 2.24) is 108 Å². The van der Waals surface area contributed by atoms with Crippen molar-refractivity contribution in [2.75, 3.05) is 46.3 Å². The maximum absolute atomic E-state index is 12.6. The molecule has 147 heavy (non-hydrogen) atoms. The zero-order valence-electron chi connectivity index (χ0n) is 82.5. The average Bonchev–Trinajstić information content (AvgIpc) is 1.54. The molecule has 0 saturated heterocycles. The van der Waals surface area contributed by atoms with E-state index in [-0.39, 0.29) is 122 Å². The Bertz CT molecular complexity index is 7600. The summed E-state index contributed by atoms with van der Waals surface area (Å²) in [4.78, 5) is 166. The van der Waals surface area contributed by atoms with Gasteiger partial charge in [-0.3, -0.25) is 72.5 Å². The molecule has 34 heteroatoms. The maximum atomic E-state index is 12.6. The normalized spacial score (nSPS) is 10.7. The fraction of sp³-hybridized carbons (Fsp3) is 0.221. The van der Waals surface area contributed by atoms with E-state index in [4.69, 9.17) is 0 Å². The van der Waals surface area contributed by atoms with E-state index in [1.807, 2.05) is 165 Å². The summed E-state index contributed by atoms with van der Waals surface area (Å²) >= 11 is 0. The van der Waals surface area contributed by atoms with Crippen molar-refractivity contribution in [3.8, 4) is 0 Å². The first kappa shape index (κ1) is 106. The number of H-pyrrole nitrogens is 5. The van der Waals surface area contributed by atoms with Crippen molar-refractivity contribution in [2.24, 2.45) is 0 Å². The molecule has 0 saturated carbocycles. The van der Waals surface area contributed by atoms with E-state index in [9.17, 15) is 62.3 Å². The van der Waals surface area contributed by atoms with Crippen LogP contribution in [-0.2, 0) is 111 Å². The van der Waals surface area contributed by atoms with Crippen molar-refractivity contribution < 1.29 is 62.3 Å². The van der Waals surface area contributed by atoms with Gasteiger partial charge in [-0.15, -0.1) is 5.10 Å². The summed E-state index contributed by atoms with van der Waals surface area (Å²) in [5, 5.41) is 57.4. The first-order valence-electron chi connectivity index (χ1n) is 48.2. The molecular formula is C113H113N21O13. The van der Waals surface area contributed by atoms with E-state index in [1.165, 1.54) is 23.0 Å². The van der Waals surface area contributed by atoms with Gasteiger partial charge in [-0.1, -0.05) is 185 Å². The van der Waals surface area contributed by atoms with Crippen molar-refractivity contribution in [1.29, 1.82) is 0 Å². The van der Waals surface area contributed by atoms with E-state index in [1.54, 1.807) is 134 Å². The molecule has 0 bridgehead atoms. The molecule has 10 N–H and O–H groups in total. The molecule has 6 amide bonds. The maximum Gasteiger partial charge on any atom is 0.254 e. The van der Waals surface area contributed by atoms with Crippen LogP contribution in [0, 0.1) is 0 Å². The van der Waals surface area contributed by atoms with Crippen LogP contribution in [0.4, 0.5) is 0 Å². The lowest BCUT2D eigenvalue weighted by Gasteiger charge is -2.17. The Hall–Kier alpha value is -18.2. The van der Waals surface area contributed by atoms with Gasteiger partial charge < -0.3 is 36.5 Å². The Morgan fingerprint density at radius 3 is 1.10 bits per heavy atom. The zero-order valence-corrected chi connectivity index (χ0v) is 82.5. The van der Waals surface area contributed by atoms with Gasteiger partial charge in [0.25, 0.3) is 35.4 Å². The third-order valence-electron chi connectivity index (χ3n) is 23.9. The fourth-order valence-electron chi connectivity index (χ4n) is 16.2. The summed E-state index contributed by atoms with van der Waals surface area (Å²) in [6.07, 6.45) is 10.7. The van der Waals surface area contributed by atoms with Crippen LogP contribution >= 0.6 is 0 Å². The molecule has 0 fully saturated rings. The third kappa shape index (κ3) is 30.9. The van der Waals surface area contributed by atoms with Crippen LogP contribution in [0.25, 0.3) is 65.9 Å². The number of ketones is 7. The molecule has 748 valence electrons. The number of fused-ring (bicyclic) bond motifs is 6. The highest BCUT2D eigenvalue weighted by Crippen LogP contribution is 2.23. The number of aromatic amines is 5. The standard InChI is InChI=1S/C20H22N4O2.C20H21N3O2.C19H18N4O3.C19H19N3O2.C18H18N4O2.C17H15N3O2/c1-3-14-7-5-6-8-15(14)11-17(25)13-21-20(26)16-9-10-19-18(12-16)22-23-24(19)4-2;1-3-14-6-4-5-7-15(14)10-17(24)12-23(2)20(25)16-8-9-18-19(11-16)22-13-21-18;1-12(24)7-13-3-2-4-14(8-13)9-16(25)11-20-19(26)15-5-6-17-18(10-15)22-23-21-17;1-2-13-5-3-4-6-14(13)10-17(23)12-20-19(24)15-7-8-18-16(9-15)11-21-22-18;1-2-12-5-3-4-6-13(12)9-15(23)11-19-18(24)14-7-8-16-17(10-14)21-22-20-16;21-15(8-12-4-2-1-3-5-12)11-18-17(22)13-6-7-16-14(9-13)10-19-20-16/h5-10,12H,3-4,11,13H2,1-2H3,(H,21,26);4-9,11,13H,3,10,12H2,1-2H3,(H,21,22);2-6,8,10H,7,9,11H2,1H3,(H,20,26)(H,21,22,23);3-9,11H,2,10,12H2,1H3,(H,20,24)(H,21,22);3-8,10H,2,9,11H2,1H3,(H,19,24)(H,20,21,22);1-7,9-10H,8,11H2,(H,18,22)(H,19,20). The highest BCUT2D eigenvalue weighted by Gasteiger charge is 2.22. The molecule has 0 aliphatic rings. The molecule has 6 heterocycles. The van der Waals surface area contributed by atoms with E-state index >= 15 is 0 Å². The highest BCUT2D eigenvalue weighted by atomic mass is 16.2. The molecule has 0 aliphatic heterocycles. The van der Waals surface area contributed by atoms with Gasteiger partial charge in [-0.25, -0.2) is 9.67 Å². The van der Waals surface area contributed by atoms with Crippen LogP contribution < -0.4 is 26.6 Å². The molecule has 0 atom stereocenters. The Kier molecular flexibility index (Phi) is 38.3. The number of rotatable bonds is 37. The average molecular weight is 1970 g/mol. The van der Waals surface area contributed by atoms with E-state index in [0.29, 0.717) is 99.5 Å². The number of benzene rings is 12. The molecule has 12 aromatic carbocycles. The largest absolute Gasteiger partial charge is 0.345 e. The molecule has 18 rings (SSSR count). The third-order valence-corrected chi connectivity index (χ3v) is 23.9. The lowest BCUT2D eigenvalue weighted by atomic mass is 10.0. The summed E-state index contributed by atoms with van der Waals surface area (Å²) < 4.78 is 1.77. The van der Waals surface area contributed by atoms with Gasteiger partial charge in [0.05, 0.1) is 85.6 Å². The molecule has 0 unspecified atom stereocenters. The number of amides is 6. The number of hydrogen-bond acceptors (Lipinski definition) is 22. The van der Waals surface area contributed by atoms with E-state index in [2.05, 4.69) is 126 Å². The van der Waals surface area contributed by atoms with Gasteiger partial charge >= 0.3 is 0 Å². The molecule has 18 aromatic rings. The monoisotopic (exact) mass is 1970 g/mol. The smallest absolute Gasteiger partial charge is 0.254 e. The molecule has 6 aromatic heterocycles. The summed E-state index contributed by atoms with van der Waals surface area (Å²) in [5.74, 6) is -1.68. The lowest BCUT2D eigenvalue weighted by molar-refractivity contribution is -0.119. The summed E-state index contributed by atoms with van der Waals surface area (Å²) in [6.45, 7) is 12.6. The van der Waals surface area contributed by atoms with Gasteiger partial charge in [-0.05, 0) is 210 Å². The SMILES string of the molecule is CC(=O)Cc1cccc(CC(=O)CNC(=O)c2ccc3n[nH]nc3c2)c1.CCc1ccccc1CC(=O)CN(C)C(=O)c1ccc2nc[nH]c2c1.CCc1ccccc1CC(=O)CNC(=O)c1ccc2[nH]ncc2c1.CCc1ccccc1CC(=O)CNC(=O)c1ccc2c(c1)nnn2CC.CCc1ccccc1CC(=O)CNC(=O)c1ccc2n[nH]nc2c1.O=C(CNC(=O)c1ccc2[nH]ncc2c1)Cc1ccccc1. The number of aromatic nitrogens is 15. The first-order chi connectivity index (χ1) is 71.3.